The van der Waals surface area contributed by atoms with Crippen molar-refractivity contribution in [2.45, 2.75) is 13.0 Å². The monoisotopic (exact) mass is 353 g/mol. The third kappa shape index (κ3) is 4.54. The molecule has 0 aliphatic carbocycles. The molecule has 1 amide bonds. The van der Waals surface area contributed by atoms with Crippen LogP contribution in [-0.2, 0) is 26.1 Å². The van der Waals surface area contributed by atoms with Crippen molar-refractivity contribution in [2.75, 3.05) is 43.5 Å². The standard InChI is InChI=1S/C16H23N3O4S/c17-24(21,22)12-14-9-16(20)19(11-14)15-3-1-2-13(8-15)10-18-4-6-23-7-5-18/h1-3,8,14H,4-7,9-12H2,(H2,17,21,22). The fourth-order valence-corrected chi connectivity index (χ4v) is 4.19. The molecule has 2 fully saturated rings. The van der Waals surface area contributed by atoms with Crippen molar-refractivity contribution >= 4 is 21.6 Å². The number of nitrogens with two attached hydrogens (primary N) is 1. The molecule has 0 radical (unpaired) electrons. The maximum absolute atomic E-state index is 12.2. The number of primary sulfonamides is 1. The van der Waals surface area contributed by atoms with E-state index in [1.807, 2.05) is 24.3 Å². The highest BCUT2D eigenvalue weighted by molar-refractivity contribution is 7.89. The summed E-state index contributed by atoms with van der Waals surface area (Å²) in [7, 11) is -3.56. The van der Waals surface area contributed by atoms with Crippen molar-refractivity contribution in [2.24, 2.45) is 11.1 Å². The predicted octanol–water partition coefficient (Wildman–Crippen LogP) is 0.160. The van der Waals surface area contributed by atoms with Crippen molar-refractivity contribution in [1.29, 1.82) is 0 Å². The van der Waals surface area contributed by atoms with Crippen molar-refractivity contribution in [3.63, 3.8) is 0 Å². The Balaban J connectivity index is 1.68. The molecule has 3 rings (SSSR count). The number of amides is 1. The van der Waals surface area contributed by atoms with E-state index in [2.05, 4.69) is 4.90 Å². The molecular weight excluding hydrogens is 330 g/mol. The number of carbonyl (C=O) groups is 1. The van der Waals surface area contributed by atoms with Gasteiger partial charge in [-0.3, -0.25) is 9.69 Å². The Labute approximate surface area is 142 Å². The minimum atomic E-state index is -3.56. The zero-order valence-corrected chi connectivity index (χ0v) is 14.4. The number of hydrogen-bond acceptors (Lipinski definition) is 5. The number of rotatable bonds is 5. The van der Waals surface area contributed by atoms with E-state index in [-0.39, 0.29) is 24.0 Å². The first-order chi connectivity index (χ1) is 11.4. The van der Waals surface area contributed by atoms with Gasteiger partial charge in [0, 0.05) is 44.2 Å². The van der Waals surface area contributed by atoms with Gasteiger partial charge in [0.15, 0.2) is 0 Å². The van der Waals surface area contributed by atoms with Crippen LogP contribution in [0, 0.1) is 5.92 Å². The van der Waals surface area contributed by atoms with Gasteiger partial charge in [0.2, 0.25) is 15.9 Å². The number of carbonyl (C=O) groups excluding carboxylic acids is 1. The van der Waals surface area contributed by atoms with Crippen molar-refractivity contribution in [3.8, 4) is 0 Å². The second-order valence-corrected chi connectivity index (χ2v) is 8.12. The van der Waals surface area contributed by atoms with Crippen molar-refractivity contribution in [3.05, 3.63) is 29.8 Å². The van der Waals surface area contributed by atoms with Gasteiger partial charge in [-0.25, -0.2) is 13.6 Å². The molecule has 2 aliphatic rings. The van der Waals surface area contributed by atoms with Crippen LogP contribution in [0.3, 0.4) is 0 Å². The van der Waals surface area contributed by atoms with Gasteiger partial charge in [0.25, 0.3) is 0 Å². The van der Waals surface area contributed by atoms with Crippen LogP contribution >= 0.6 is 0 Å². The van der Waals surface area contributed by atoms with Crippen molar-refractivity contribution in [1.82, 2.24) is 4.90 Å². The molecule has 1 atom stereocenters. The molecule has 7 nitrogen and oxygen atoms in total. The molecule has 24 heavy (non-hydrogen) atoms. The molecule has 2 N–H and O–H groups in total. The Morgan fingerprint density at radius 1 is 1.25 bits per heavy atom. The molecule has 0 aromatic heterocycles. The molecule has 0 saturated carbocycles. The molecular formula is C16H23N3O4S. The largest absolute Gasteiger partial charge is 0.379 e. The van der Waals surface area contributed by atoms with Crippen LogP contribution < -0.4 is 10.0 Å². The topological polar surface area (TPSA) is 92.9 Å². The molecule has 0 bridgehead atoms. The lowest BCUT2D eigenvalue weighted by Crippen LogP contribution is -2.35. The van der Waals surface area contributed by atoms with E-state index in [9.17, 15) is 13.2 Å². The highest BCUT2D eigenvalue weighted by Crippen LogP contribution is 2.26. The molecule has 2 aliphatic heterocycles. The average Bonchev–Trinajstić information content (AvgIpc) is 2.87. The van der Waals surface area contributed by atoms with E-state index in [1.165, 1.54) is 0 Å². The Morgan fingerprint density at radius 3 is 2.71 bits per heavy atom. The number of benzene rings is 1. The van der Waals surface area contributed by atoms with Gasteiger partial charge in [-0.05, 0) is 17.7 Å². The molecule has 1 aromatic rings. The normalized spacial score (nSPS) is 23.0. The molecule has 1 unspecified atom stereocenters. The van der Waals surface area contributed by atoms with Crippen LogP contribution in [0.5, 0.6) is 0 Å². The fourth-order valence-electron chi connectivity index (χ4n) is 3.31. The summed E-state index contributed by atoms with van der Waals surface area (Å²) >= 11 is 0. The van der Waals surface area contributed by atoms with E-state index in [0.717, 1.165) is 44.1 Å². The van der Waals surface area contributed by atoms with E-state index >= 15 is 0 Å². The molecule has 2 saturated heterocycles. The minimum Gasteiger partial charge on any atom is -0.379 e. The van der Waals surface area contributed by atoms with Gasteiger partial charge in [-0.1, -0.05) is 12.1 Å². The lowest BCUT2D eigenvalue weighted by atomic mass is 10.1. The number of hydrogen-bond donors (Lipinski definition) is 1. The van der Waals surface area contributed by atoms with Crippen molar-refractivity contribution < 1.29 is 17.9 Å². The Morgan fingerprint density at radius 2 is 2.00 bits per heavy atom. The van der Waals surface area contributed by atoms with E-state index in [1.54, 1.807) is 4.90 Å². The second kappa shape index (κ2) is 7.18. The zero-order valence-electron chi connectivity index (χ0n) is 13.6. The molecule has 0 spiro atoms. The average molecular weight is 353 g/mol. The maximum Gasteiger partial charge on any atom is 0.227 e. The SMILES string of the molecule is NS(=O)(=O)CC1CC(=O)N(c2cccc(CN3CCOCC3)c2)C1. The summed E-state index contributed by atoms with van der Waals surface area (Å²) in [5.41, 5.74) is 1.96. The summed E-state index contributed by atoms with van der Waals surface area (Å²) in [5.74, 6) is -0.439. The molecule has 2 heterocycles. The first-order valence-electron chi connectivity index (χ1n) is 8.10. The van der Waals surface area contributed by atoms with Gasteiger partial charge in [-0.2, -0.15) is 0 Å². The quantitative estimate of drug-likeness (QED) is 0.814. The van der Waals surface area contributed by atoms with Crippen LogP contribution in [0.25, 0.3) is 0 Å². The summed E-state index contributed by atoms with van der Waals surface area (Å²) in [5, 5.41) is 5.10. The van der Waals surface area contributed by atoms with Gasteiger partial charge in [0.1, 0.15) is 0 Å². The van der Waals surface area contributed by atoms with Gasteiger partial charge < -0.3 is 9.64 Å². The Bertz CT molecular complexity index is 701. The lowest BCUT2D eigenvalue weighted by Gasteiger charge is -2.27. The highest BCUT2D eigenvalue weighted by atomic mass is 32.2. The molecule has 1 aromatic carbocycles. The Kier molecular flexibility index (Phi) is 5.19. The van der Waals surface area contributed by atoms with Crippen LogP contribution in [0.2, 0.25) is 0 Å². The summed E-state index contributed by atoms with van der Waals surface area (Å²) in [6.45, 7) is 4.53. The Hall–Kier alpha value is -1.48. The van der Waals surface area contributed by atoms with E-state index < -0.39 is 10.0 Å². The third-order valence-electron chi connectivity index (χ3n) is 4.41. The summed E-state index contributed by atoms with van der Waals surface area (Å²) < 4.78 is 27.8. The highest BCUT2D eigenvalue weighted by Gasteiger charge is 2.32. The lowest BCUT2D eigenvalue weighted by molar-refractivity contribution is -0.117. The van der Waals surface area contributed by atoms with Crippen LogP contribution in [0.15, 0.2) is 24.3 Å². The van der Waals surface area contributed by atoms with Gasteiger partial charge in [-0.15, -0.1) is 0 Å². The van der Waals surface area contributed by atoms with Gasteiger partial charge >= 0.3 is 0 Å². The first-order valence-corrected chi connectivity index (χ1v) is 9.82. The predicted molar refractivity (Wildman–Crippen MR) is 91.0 cm³/mol. The third-order valence-corrected chi connectivity index (χ3v) is 5.34. The van der Waals surface area contributed by atoms with E-state index in [4.69, 9.17) is 9.88 Å². The molecule has 8 heteroatoms. The summed E-state index contributed by atoms with van der Waals surface area (Å²) in [6, 6.07) is 7.87. The van der Waals surface area contributed by atoms with Crippen LogP contribution in [-0.4, -0.2) is 57.8 Å². The second-order valence-electron chi connectivity index (χ2n) is 6.46. The number of nitrogens with zero attached hydrogens (tertiary/aromatic N) is 2. The maximum atomic E-state index is 12.2. The van der Waals surface area contributed by atoms with Crippen LogP contribution in [0.4, 0.5) is 5.69 Å². The smallest absolute Gasteiger partial charge is 0.227 e. The number of sulfonamides is 1. The number of anilines is 1. The number of ether oxygens (including phenoxy) is 1. The van der Waals surface area contributed by atoms with Crippen LogP contribution in [0.1, 0.15) is 12.0 Å². The summed E-state index contributed by atoms with van der Waals surface area (Å²) in [6.07, 6.45) is 0.226. The minimum absolute atomic E-state index is 0.0489. The molecule has 132 valence electrons. The van der Waals surface area contributed by atoms with Gasteiger partial charge in [0.05, 0.1) is 19.0 Å². The first kappa shape index (κ1) is 17.3. The fraction of sp³-hybridized carbons (Fsp3) is 0.562. The summed E-state index contributed by atoms with van der Waals surface area (Å²) in [4.78, 5) is 16.2. The number of morpholine rings is 1. The zero-order chi connectivity index (χ0) is 17.2. The van der Waals surface area contributed by atoms with E-state index in [0.29, 0.717) is 6.54 Å².